The van der Waals surface area contributed by atoms with Crippen LogP contribution in [0.4, 0.5) is 13.2 Å². The van der Waals surface area contributed by atoms with Gasteiger partial charge in [0.1, 0.15) is 5.82 Å². The van der Waals surface area contributed by atoms with Crippen molar-refractivity contribution in [3.05, 3.63) is 96.3 Å². The Hall–Kier alpha value is -3.27. The highest BCUT2D eigenvalue weighted by atomic mass is 19.2. The lowest BCUT2D eigenvalue weighted by molar-refractivity contribution is 0.314. The van der Waals surface area contributed by atoms with Gasteiger partial charge in [-0.05, 0) is 85.4 Å². The summed E-state index contributed by atoms with van der Waals surface area (Å²) in [4.78, 5) is 0. The first kappa shape index (κ1) is 23.9. The van der Waals surface area contributed by atoms with Crippen LogP contribution in [0.25, 0.3) is 27.8 Å². The lowest BCUT2D eigenvalue weighted by Crippen LogP contribution is -2.05. The van der Waals surface area contributed by atoms with E-state index in [0.717, 1.165) is 37.7 Å². The Balaban J connectivity index is 1.52. The van der Waals surface area contributed by atoms with Crippen molar-refractivity contribution in [3.63, 3.8) is 0 Å². The molecule has 176 valence electrons. The molecule has 0 N–H and O–H groups in total. The molecule has 1 aliphatic rings. The Bertz CT molecular complexity index is 1190. The minimum atomic E-state index is -1.01. The normalized spacial score (nSPS) is 15.6. The van der Waals surface area contributed by atoms with Crippen LogP contribution in [0.15, 0.2) is 73.3 Å². The zero-order valence-corrected chi connectivity index (χ0v) is 19.4. The van der Waals surface area contributed by atoms with Crippen molar-refractivity contribution in [3.8, 4) is 28.0 Å². The summed E-state index contributed by atoms with van der Waals surface area (Å²) in [6, 6.07) is 15.1. The maximum absolute atomic E-state index is 15.0. The predicted molar refractivity (Wildman–Crippen MR) is 133 cm³/mol. The Morgan fingerprint density at radius 3 is 2.21 bits per heavy atom. The van der Waals surface area contributed by atoms with Gasteiger partial charge in [-0.3, -0.25) is 0 Å². The number of halogens is 3. The van der Waals surface area contributed by atoms with Crippen LogP contribution >= 0.6 is 0 Å². The van der Waals surface area contributed by atoms with Crippen molar-refractivity contribution in [2.45, 2.75) is 39.0 Å². The zero-order valence-electron chi connectivity index (χ0n) is 19.4. The van der Waals surface area contributed by atoms with Crippen molar-refractivity contribution >= 4 is 5.57 Å². The van der Waals surface area contributed by atoms with Crippen LogP contribution in [0.3, 0.4) is 0 Å². The van der Waals surface area contributed by atoms with Gasteiger partial charge in [-0.2, -0.15) is 4.39 Å². The van der Waals surface area contributed by atoms with E-state index >= 15 is 4.39 Å². The monoisotopic (exact) mass is 462 g/mol. The van der Waals surface area contributed by atoms with Crippen LogP contribution in [-0.4, -0.2) is 6.61 Å². The second-order valence-corrected chi connectivity index (χ2v) is 8.68. The fourth-order valence-electron chi connectivity index (χ4n) is 4.57. The summed E-state index contributed by atoms with van der Waals surface area (Å²) >= 11 is 0. The molecule has 4 heteroatoms. The van der Waals surface area contributed by atoms with Gasteiger partial charge < -0.3 is 4.74 Å². The number of allylic oxidation sites excluding steroid dienone is 3. The van der Waals surface area contributed by atoms with Gasteiger partial charge in [0, 0.05) is 11.1 Å². The molecule has 0 saturated carbocycles. The lowest BCUT2D eigenvalue weighted by atomic mass is 9.84. The highest BCUT2D eigenvalue weighted by molar-refractivity contribution is 5.74. The maximum atomic E-state index is 15.0. The van der Waals surface area contributed by atoms with Gasteiger partial charge in [0.15, 0.2) is 11.6 Å². The van der Waals surface area contributed by atoms with Crippen molar-refractivity contribution in [2.24, 2.45) is 5.92 Å². The lowest BCUT2D eigenvalue weighted by Gasteiger charge is -2.22. The van der Waals surface area contributed by atoms with Crippen molar-refractivity contribution in [2.75, 3.05) is 6.61 Å². The van der Waals surface area contributed by atoms with E-state index in [-0.39, 0.29) is 23.7 Å². The molecule has 4 rings (SSSR count). The first-order chi connectivity index (χ1) is 16.5. The molecule has 0 spiro atoms. The van der Waals surface area contributed by atoms with Crippen LogP contribution < -0.4 is 4.74 Å². The summed E-state index contributed by atoms with van der Waals surface area (Å²) in [6.45, 7) is 5.76. The Kier molecular flexibility index (Phi) is 7.56. The molecule has 34 heavy (non-hydrogen) atoms. The third kappa shape index (κ3) is 5.11. The van der Waals surface area contributed by atoms with Gasteiger partial charge in [-0.15, -0.1) is 6.58 Å². The molecule has 1 unspecified atom stereocenters. The standard InChI is InChI=1S/C30H29F3O/c1-3-5-6-20-7-9-21(10-8-20)24-15-16-25(27(31)19-24)22-11-13-23(14-12-22)26-17-18-28(34-4-2)30(33)29(26)32/h3,9,11-20H,1,4-8,10H2,2H3. The van der Waals surface area contributed by atoms with E-state index in [1.54, 1.807) is 43.3 Å². The van der Waals surface area contributed by atoms with Crippen LogP contribution in [0.5, 0.6) is 5.75 Å². The highest BCUT2D eigenvalue weighted by Gasteiger charge is 2.18. The molecule has 0 fully saturated rings. The average Bonchev–Trinajstić information content (AvgIpc) is 2.86. The smallest absolute Gasteiger partial charge is 0.201 e. The molecule has 1 atom stereocenters. The van der Waals surface area contributed by atoms with Gasteiger partial charge in [-0.25, -0.2) is 8.78 Å². The topological polar surface area (TPSA) is 9.23 Å². The van der Waals surface area contributed by atoms with E-state index < -0.39 is 11.6 Å². The second-order valence-electron chi connectivity index (χ2n) is 8.68. The first-order valence-corrected chi connectivity index (χ1v) is 11.8. The molecular weight excluding hydrogens is 433 g/mol. The van der Waals surface area contributed by atoms with Crippen LogP contribution in [0.2, 0.25) is 0 Å². The maximum Gasteiger partial charge on any atom is 0.201 e. The summed E-state index contributed by atoms with van der Waals surface area (Å²) in [5.74, 6) is -1.69. The number of hydrogen-bond acceptors (Lipinski definition) is 1. The quantitative estimate of drug-likeness (QED) is 0.304. The molecule has 3 aromatic rings. The summed E-state index contributed by atoms with van der Waals surface area (Å²) in [6.07, 6.45) is 9.50. The number of benzene rings is 3. The second kappa shape index (κ2) is 10.8. The third-order valence-electron chi connectivity index (χ3n) is 6.49. The minimum absolute atomic E-state index is 0.108. The van der Waals surface area contributed by atoms with Gasteiger partial charge in [-0.1, -0.05) is 48.6 Å². The molecule has 0 aliphatic heterocycles. The average molecular weight is 463 g/mol. The molecular formula is C30H29F3O. The van der Waals surface area contributed by atoms with Gasteiger partial charge in [0.05, 0.1) is 6.61 Å². The summed E-state index contributed by atoms with van der Waals surface area (Å²) in [5.41, 5.74) is 3.93. The number of hydrogen-bond donors (Lipinski definition) is 0. The molecule has 3 aromatic carbocycles. The largest absolute Gasteiger partial charge is 0.491 e. The SMILES string of the molecule is C=CCCC1CC=C(c2ccc(-c3ccc(-c4ccc(OCC)c(F)c4F)cc3)c(F)c2)CC1. The Morgan fingerprint density at radius 2 is 1.59 bits per heavy atom. The van der Waals surface area contributed by atoms with Crippen molar-refractivity contribution in [1.82, 2.24) is 0 Å². The van der Waals surface area contributed by atoms with E-state index in [0.29, 0.717) is 22.6 Å². The fourth-order valence-corrected chi connectivity index (χ4v) is 4.57. The Labute approximate surface area is 199 Å². The van der Waals surface area contributed by atoms with Gasteiger partial charge >= 0.3 is 0 Å². The molecule has 0 saturated heterocycles. The summed E-state index contributed by atoms with van der Waals surface area (Å²) in [5, 5.41) is 0. The van der Waals surface area contributed by atoms with Gasteiger partial charge in [0.25, 0.3) is 0 Å². The summed E-state index contributed by atoms with van der Waals surface area (Å²) < 4.78 is 48.9. The van der Waals surface area contributed by atoms with E-state index in [4.69, 9.17) is 4.74 Å². The van der Waals surface area contributed by atoms with Crippen LogP contribution in [0, 0.1) is 23.4 Å². The van der Waals surface area contributed by atoms with E-state index in [9.17, 15) is 8.78 Å². The Morgan fingerprint density at radius 1 is 0.912 bits per heavy atom. The zero-order chi connectivity index (χ0) is 24.1. The molecule has 1 aliphatic carbocycles. The third-order valence-corrected chi connectivity index (χ3v) is 6.49. The van der Waals surface area contributed by atoms with Crippen LogP contribution in [-0.2, 0) is 0 Å². The van der Waals surface area contributed by atoms with E-state index in [2.05, 4.69) is 12.7 Å². The molecule has 0 amide bonds. The molecule has 0 heterocycles. The number of rotatable bonds is 8. The van der Waals surface area contributed by atoms with E-state index in [1.807, 2.05) is 12.1 Å². The molecule has 0 radical (unpaired) electrons. The summed E-state index contributed by atoms with van der Waals surface area (Å²) in [7, 11) is 0. The number of ether oxygens (including phenoxy) is 1. The molecule has 0 bridgehead atoms. The van der Waals surface area contributed by atoms with Crippen molar-refractivity contribution < 1.29 is 17.9 Å². The minimum Gasteiger partial charge on any atom is -0.491 e. The van der Waals surface area contributed by atoms with Crippen molar-refractivity contribution in [1.29, 1.82) is 0 Å². The molecule has 0 aromatic heterocycles. The highest BCUT2D eigenvalue weighted by Crippen LogP contribution is 2.35. The first-order valence-electron chi connectivity index (χ1n) is 11.8. The van der Waals surface area contributed by atoms with Crippen LogP contribution in [0.1, 0.15) is 44.6 Å². The van der Waals surface area contributed by atoms with Gasteiger partial charge in [0.2, 0.25) is 5.82 Å². The molecule has 1 nitrogen and oxygen atoms in total. The predicted octanol–water partition coefficient (Wildman–Crippen LogP) is 8.99. The van der Waals surface area contributed by atoms with E-state index in [1.165, 1.54) is 17.7 Å². The fraction of sp³-hybridized carbons (Fsp3) is 0.267.